The molecular formula is C7H4ClIN4. The molecule has 0 aliphatic heterocycles. The quantitative estimate of drug-likeness (QED) is 0.648. The fraction of sp³-hybridized carbons (Fsp3) is 0. The number of rotatable bonds is 1. The average molecular weight is 306 g/mol. The van der Waals surface area contributed by atoms with Crippen LogP contribution in [0.5, 0.6) is 0 Å². The van der Waals surface area contributed by atoms with E-state index >= 15 is 0 Å². The molecule has 0 aromatic carbocycles. The van der Waals surface area contributed by atoms with Crippen LogP contribution in [0.3, 0.4) is 0 Å². The molecule has 2 rings (SSSR count). The smallest absolute Gasteiger partial charge is 0.197 e. The molecule has 0 bridgehead atoms. The van der Waals surface area contributed by atoms with Crippen molar-refractivity contribution >= 4 is 34.2 Å². The Morgan fingerprint density at radius 1 is 1.38 bits per heavy atom. The fourth-order valence-electron chi connectivity index (χ4n) is 0.848. The minimum Gasteiger partial charge on any atom is -0.342 e. The second kappa shape index (κ2) is 3.59. The lowest BCUT2D eigenvalue weighted by Crippen LogP contribution is -1.92. The minimum atomic E-state index is 0.446. The summed E-state index contributed by atoms with van der Waals surface area (Å²) in [5, 5.41) is 0.446. The second-order valence-corrected chi connectivity index (χ2v) is 3.79. The van der Waals surface area contributed by atoms with Crippen molar-refractivity contribution in [3.8, 4) is 11.6 Å². The third kappa shape index (κ3) is 1.80. The van der Waals surface area contributed by atoms with Crippen LogP contribution in [0.1, 0.15) is 0 Å². The van der Waals surface area contributed by atoms with Gasteiger partial charge in [0.1, 0.15) is 5.15 Å². The molecule has 0 fully saturated rings. The van der Waals surface area contributed by atoms with Crippen molar-refractivity contribution in [3.63, 3.8) is 0 Å². The van der Waals surface area contributed by atoms with Gasteiger partial charge in [0.25, 0.3) is 0 Å². The van der Waals surface area contributed by atoms with Crippen molar-refractivity contribution < 1.29 is 0 Å². The Bertz CT molecular complexity index is 414. The Kier molecular flexibility index (Phi) is 2.45. The zero-order valence-electron chi connectivity index (χ0n) is 6.33. The van der Waals surface area contributed by atoms with E-state index in [2.05, 4.69) is 42.5 Å². The molecule has 0 saturated heterocycles. The molecule has 2 aromatic heterocycles. The predicted molar refractivity (Wildman–Crippen MR) is 57.3 cm³/mol. The third-order valence-corrected chi connectivity index (χ3v) is 2.81. The van der Waals surface area contributed by atoms with Crippen molar-refractivity contribution in [3.05, 3.63) is 27.3 Å². The predicted octanol–water partition coefficient (Wildman–Crippen LogP) is 2.12. The van der Waals surface area contributed by atoms with Gasteiger partial charge in [0.2, 0.25) is 0 Å². The Morgan fingerprint density at radius 2 is 2.23 bits per heavy atom. The van der Waals surface area contributed by atoms with Crippen LogP contribution >= 0.6 is 34.2 Å². The molecule has 0 aliphatic rings. The van der Waals surface area contributed by atoms with Crippen molar-refractivity contribution in [1.82, 2.24) is 19.9 Å². The summed E-state index contributed by atoms with van der Waals surface area (Å²) in [5.74, 6) is 1.13. The summed E-state index contributed by atoms with van der Waals surface area (Å²) < 4.78 is 0.828. The minimum absolute atomic E-state index is 0.446. The van der Waals surface area contributed by atoms with E-state index in [0.717, 1.165) is 3.57 Å². The van der Waals surface area contributed by atoms with Crippen LogP contribution < -0.4 is 0 Å². The highest BCUT2D eigenvalue weighted by Crippen LogP contribution is 2.17. The number of nitrogens with one attached hydrogen (secondary N) is 1. The molecule has 13 heavy (non-hydrogen) atoms. The van der Waals surface area contributed by atoms with Gasteiger partial charge in [0.15, 0.2) is 11.6 Å². The van der Waals surface area contributed by atoms with Gasteiger partial charge in [-0.1, -0.05) is 11.6 Å². The highest BCUT2D eigenvalue weighted by Gasteiger charge is 2.05. The molecule has 0 amide bonds. The summed E-state index contributed by atoms with van der Waals surface area (Å²) in [7, 11) is 0. The Morgan fingerprint density at radius 3 is 2.85 bits per heavy atom. The van der Waals surface area contributed by atoms with Gasteiger partial charge in [0, 0.05) is 18.6 Å². The van der Waals surface area contributed by atoms with Crippen molar-refractivity contribution in [1.29, 1.82) is 0 Å². The molecule has 2 aromatic rings. The first kappa shape index (κ1) is 8.89. The standard InChI is InChI=1S/C7H4ClIN4/c8-5-4(9)3-12-7(13-5)6-10-1-2-11-6/h1-3H,(H,10,11). The molecule has 66 valence electrons. The van der Waals surface area contributed by atoms with E-state index in [1.165, 1.54) is 0 Å². The molecule has 0 saturated carbocycles. The maximum Gasteiger partial charge on any atom is 0.197 e. The third-order valence-electron chi connectivity index (χ3n) is 1.41. The van der Waals surface area contributed by atoms with Crippen LogP contribution in [0.25, 0.3) is 11.6 Å². The molecule has 4 nitrogen and oxygen atoms in total. The van der Waals surface area contributed by atoms with Gasteiger partial charge in [-0.3, -0.25) is 0 Å². The fourth-order valence-corrected chi connectivity index (χ4v) is 1.24. The molecule has 6 heteroatoms. The highest BCUT2D eigenvalue weighted by atomic mass is 127. The first-order valence-electron chi connectivity index (χ1n) is 3.45. The van der Waals surface area contributed by atoms with Crippen molar-refractivity contribution in [2.24, 2.45) is 0 Å². The average Bonchev–Trinajstić information content (AvgIpc) is 2.62. The summed E-state index contributed by atoms with van der Waals surface area (Å²) in [5.41, 5.74) is 0. The van der Waals surface area contributed by atoms with Gasteiger partial charge in [-0.25, -0.2) is 15.0 Å². The number of halogens is 2. The lowest BCUT2D eigenvalue weighted by atomic mass is 10.5. The molecule has 0 radical (unpaired) electrons. The molecule has 0 unspecified atom stereocenters. The monoisotopic (exact) mass is 306 g/mol. The number of hydrogen-bond acceptors (Lipinski definition) is 3. The van der Waals surface area contributed by atoms with Gasteiger partial charge < -0.3 is 4.98 Å². The van der Waals surface area contributed by atoms with Gasteiger partial charge >= 0.3 is 0 Å². The number of hydrogen-bond donors (Lipinski definition) is 1. The highest BCUT2D eigenvalue weighted by molar-refractivity contribution is 14.1. The SMILES string of the molecule is Clc1nc(-c2ncc[nH]2)ncc1I. The van der Waals surface area contributed by atoms with Crippen LogP contribution in [-0.4, -0.2) is 19.9 Å². The summed E-state index contributed by atoms with van der Waals surface area (Å²) in [6, 6.07) is 0. The van der Waals surface area contributed by atoms with Crippen molar-refractivity contribution in [2.45, 2.75) is 0 Å². The van der Waals surface area contributed by atoms with E-state index in [-0.39, 0.29) is 0 Å². The summed E-state index contributed by atoms with van der Waals surface area (Å²) in [4.78, 5) is 15.1. The second-order valence-electron chi connectivity index (χ2n) is 2.27. The lowest BCUT2D eigenvalue weighted by Gasteiger charge is -1.97. The molecule has 2 heterocycles. The van der Waals surface area contributed by atoms with E-state index in [1.807, 2.05) is 0 Å². The van der Waals surface area contributed by atoms with E-state index in [0.29, 0.717) is 16.8 Å². The van der Waals surface area contributed by atoms with Crippen LogP contribution in [0.15, 0.2) is 18.6 Å². The van der Waals surface area contributed by atoms with E-state index in [9.17, 15) is 0 Å². The van der Waals surface area contributed by atoms with Gasteiger partial charge in [-0.2, -0.15) is 0 Å². The zero-order valence-corrected chi connectivity index (χ0v) is 9.24. The largest absolute Gasteiger partial charge is 0.342 e. The topological polar surface area (TPSA) is 54.5 Å². The number of H-pyrrole nitrogens is 1. The number of imidazole rings is 1. The summed E-state index contributed by atoms with van der Waals surface area (Å²) in [6.45, 7) is 0. The van der Waals surface area contributed by atoms with Crippen LogP contribution in [0.2, 0.25) is 5.15 Å². The summed E-state index contributed by atoms with van der Waals surface area (Å²) in [6.07, 6.45) is 5.02. The Labute approximate surface area is 92.9 Å². The van der Waals surface area contributed by atoms with Crippen LogP contribution in [-0.2, 0) is 0 Å². The van der Waals surface area contributed by atoms with Gasteiger partial charge in [0.05, 0.1) is 3.57 Å². The molecule has 0 atom stereocenters. The molecular weight excluding hydrogens is 302 g/mol. The maximum absolute atomic E-state index is 5.83. The van der Waals surface area contributed by atoms with Gasteiger partial charge in [-0.05, 0) is 22.6 Å². The van der Waals surface area contributed by atoms with E-state index < -0.39 is 0 Å². The van der Waals surface area contributed by atoms with E-state index in [1.54, 1.807) is 18.6 Å². The van der Waals surface area contributed by atoms with Crippen LogP contribution in [0, 0.1) is 3.57 Å². The first-order chi connectivity index (χ1) is 6.27. The molecule has 0 aliphatic carbocycles. The number of aromatic nitrogens is 4. The Hall–Kier alpha value is -0.690. The molecule has 0 spiro atoms. The first-order valence-corrected chi connectivity index (χ1v) is 4.91. The Balaban J connectivity index is 2.49. The summed E-state index contributed by atoms with van der Waals surface area (Å²) >= 11 is 7.90. The van der Waals surface area contributed by atoms with Gasteiger partial charge in [-0.15, -0.1) is 0 Å². The van der Waals surface area contributed by atoms with Crippen LogP contribution in [0.4, 0.5) is 0 Å². The zero-order chi connectivity index (χ0) is 9.26. The van der Waals surface area contributed by atoms with E-state index in [4.69, 9.17) is 11.6 Å². The maximum atomic E-state index is 5.83. The number of aromatic amines is 1. The van der Waals surface area contributed by atoms with Crippen molar-refractivity contribution in [2.75, 3.05) is 0 Å². The molecule has 1 N–H and O–H groups in total. The lowest BCUT2D eigenvalue weighted by molar-refractivity contribution is 1.11. The number of nitrogens with zero attached hydrogens (tertiary/aromatic N) is 3. The normalized spacial score (nSPS) is 10.3.